The Balaban J connectivity index is 2.18. The first-order valence-corrected chi connectivity index (χ1v) is 7.99. The monoisotopic (exact) mass is 348 g/mol. The third-order valence-electron chi connectivity index (χ3n) is 4.51. The Hall–Kier alpha value is -2.65. The van der Waals surface area contributed by atoms with Gasteiger partial charge in [-0.15, -0.1) is 0 Å². The van der Waals surface area contributed by atoms with Crippen LogP contribution in [0.1, 0.15) is 11.3 Å². The smallest absolute Gasteiger partial charge is 0.320 e. The van der Waals surface area contributed by atoms with E-state index in [1.807, 2.05) is 4.90 Å². The molecule has 9 heteroatoms. The summed E-state index contributed by atoms with van der Waals surface area (Å²) in [7, 11) is 0. The second-order valence-electron chi connectivity index (χ2n) is 6.09. The van der Waals surface area contributed by atoms with Crippen molar-refractivity contribution in [3.63, 3.8) is 0 Å². The van der Waals surface area contributed by atoms with Crippen LogP contribution in [0.4, 0.5) is 11.4 Å². The van der Waals surface area contributed by atoms with Gasteiger partial charge in [-0.1, -0.05) is 0 Å². The molecule has 1 aliphatic heterocycles. The zero-order valence-electron chi connectivity index (χ0n) is 13.8. The quantitative estimate of drug-likeness (QED) is 0.545. The first-order chi connectivity index (χ1) is 11.9. The maximum absolute atomic E-state index is 11.8. The van der Waals surface area contributed by atoms with Gasteiger partial charge in [0.25, 0.3) is 0 Å². The summed E-state index contributed by atoms with van der Waals surface area (Å²) in [6.45, 7) is 3.93. The topological polar surface area (TPSA) is 135 Å². The number of fused-ring (bicyclic) bond motifs is 1. The minimum Gasteiger partial charge on any atom is -0.480 e. The molecule has 3 rings (SSSR count). The van der Waals surface area contributed by atoms with Crippen molar-refractivity contribution in [2.24, 2.45) is 5.73 Å². The maximum atomic E-state index is 11.8. The molecule has 1 aromatic heterocycles. The molecule has 0 bridgehead atoms. The van der Waals surface area contributed by atoms with Crippen LogP contribution in [0.25, 0.3) is 10.9 Å². The first kappa shape index (κ1) is 17.2. The normalized spacial score (nSPS) is 16.2. The number of aromatic amines is 1. The Morgan fingerprint density at radius 3 is 2.76 bits per heavy atom. The van der Waals surface area contributed by atoms with E-state index in [2.05, 4.69) is 4.98 Å². The lowest BCUT2D eigenvalue weighted by Crippen LogP contribution is -2.36. The Morgan fingerprint density at radius 1 is 1.48 bits per heavy atom. The average Bonchev–Trinajstić information content (AvgIpc) is 2.90. The summed E-state index contributed by atoms with van der Waals surface area (Å²) in [6.07, 6.45) is 0.0224. The van der Waals surface area contributed by atoms with E-state index in [0.717, 1.165) is 0 Å². The summed E-state index contributed by atoms with van der Waals surface area (Å²) in [6, 6.07) is 2.39. The van der Waals surface area contributed by atoms with Crippen molar-refractivity contribution < 1.29 is 19.6 Å². The second kappa shape index (κ2) is 6.69. The van der Waals surface area contributed by atoms with Crippen LogP contribution in [0.15, 0.2) is 12.1 Å². The molecular weight excluding hydrogens is 328 g/mol. The van der Waals surface area contributed by atoms with Gasteiger partial charge in [0, 0.05) is 25.2 Å². The number of anilines is 1. The van der Waals surface area contributed by atoms with Crippen LogP contribution in [0.5, 0.6) is 0 Å². The van der Waals surface area contributed by atoms with Gasteiger partial charge >= 0.3 is 11.7 Å². The molecule has 1 atom stereocenters. The lowest BCUT2D eigenvalue weighted by Gasteiger charge is -2.28. The van der Waals surface area contributed by atoms with Gasteiger partial charge in [0.05, 0.1) is 29.0 Å². The standard InChI is InChI=1S/C16H20N4O5/c1-9-10(8-11(17)16(21)22)14-12(18-9)2-3-13(15(14)20(23)24)19-4-6-25-7-5-19/h2-3,11,18H,4-8,17H2,1H3,(H,21,22). The number of hydrogen-bond donors (Lipinski definition) is 3. The molecule has 1 aliphatic rings. The minimum atomic E-state index is -1.14. The van der Waals surface area contributed by atoms with Gasteiger partial charge in [0.15, 0.2) is 0 Å². The Bertz CT molecular complexity index is 826. The van der Waals surface area contributed by atoms with E-state index < -0.39 is 16.9 Å². The number of nitrogens with zero attached hydrogens (tertiary/aromatic N) is 2. The predicted octanol–water partition coefficient (Wildman–Crippen LogP) is 1.18. The number of H-pyrrole nitrogens is 1. The van der Waals surface area contributed by atoms with Gasteiger partial charge < -0.3 is 25.5 Å². The Kier molecular flexibility index (Phi) is 4.60. The molecule has 9 nitrogen and oxygen atoms in total. The lowest BCUT2D eigenvalue weighted by molar-refractivity contribution is -0.382. The molecule has 4 N–H and O–H groups in total. The van der Waals surface area contributed by atoms with Crippen molar-refractivity contribution in [1.29, 1.82) is 0 Å². The van der Waals surface area contributed by atoms with Gasteiger partial charge in [0.2, 0.25) is 0 Å². The van der Waals surface area contributed by atoms with E-state index in [9.17, 15) is 14.9 Å². The number of nitrogens with two attached hydrogens (primary N) is 1. The molecule has 0 radical (unpaired) electrons. The molecule has 0 aliphatic carbocycles. The lowest BCUT2D eigenvalue weighted by atomic mass is 10.0. The summed E-state index contributed by atoms with van der Waals surface area (Å²) in [5.41, 5.74) is 8.04. The number of aryl methyl sites for hydroxylation is 1. The van der Waals surface area contributed by atoms with Crippen LogP contribution < -0.4 is 10.6 Å². The molecule has 2 aromatic rings. The fourth-order valence-electron chi connectivity index (χ4n) is 3.26. The van der Waals surface area contributed by atoms with E-state index in [1.165, 1.54) is 0 Å². The fraction of sp³-hybridized carbons (Fsp3) is 0.438. The molecule has 25 heavy (non-hydrogen) atoms. The number of carboxylic acids is 1. The highest BCUT2D eigenvalue weighted by molar-refractivity contribution is 5.99. The summed E-state index contributed by atoms with van der Waals surface area (Å²) >= 11 is 0. The number of morpholine rings is 1. The molecule has 0 saturated carbocycles. The van der Waals surface area contributed by atoms with Gasteiger partial charge in [-0.25, -0.2) is 0 Å². The summed E-state index contributed by atoms with van der Waals surface area (Å²) in [4.78, 5) is 27.6. The summed E-state index contributed by atoms with van der Waals surface area (Å²) < 4.78 is 5.32. The van der Waals surface area contributed by atoms with E-state index in [1.54, 1.807) is 19.1 Å². The highest BCUT2D eigenvalue weighted by Crippen LogP contribution is 2.39. The highest BCUT2D eigenvalue weighted by Gasteiger charge is 2.29. The molecule has 1 unspecified atom stereocenters. The number of carbonyl (C=O) groups is 1. The highest BCUT2D eigenvalue weighted by atomic mass is 16.6. The zero-order valence-corrected chi connectivity index (χ0v) is 13.8. The third-order valence-corrected chi connectivity index (χ3v) is 4.51. The molecule has 134 valence electrons. The largest absolute Gasteiger partial charge is 0.480 e. The van der Waals surface area contributed by atoms with E-state index in [-0.39, 0.29) is 12.1 Å². The number of aromatic nitrogens is 1. The number of benzene rings is 1. The van der Waals surface area contributed by atoms with Crippen molar-refractivity contribution in [3.05, 3.63) is 33.5 Å². The van der Waals surface area contributed by atoms with Gasteiger partial charge in [-0.05, 0) is 24.6 Å². The molecule has 1 aromatic carbocycles. The third kappa shape index (κ3) is 3.15. The number of aliphatic carboxylic acids is 1. The maximum Gasteiger partial charge on any atom is 0.320 e. The van der Waals surface area contributed by atoms with Crippen molar-refractivity contribution in [2.45, 2.75) is 19.4 Å². The number of hydrogen-bond acceptors (Lipinski definition) is 6. The van der Waals surface area contributed by atoms with Crippen molar-refractivity contribution in [1.82, 2.24) is 4.98 Å². The van der Waals surface area contributed by atoms with Crippen LogP contribution in [-0.4, -0.2) is 53.3 Å². The number of nitrogens with one attached hydrogen (secondary N) is 1. The van der Waals surface area contributed by atoms with Gasteiger partial charge in [0.1, 0.15) is 11.7 Å². The summed E-state index contributed by atoms with van der Waals surface area (Å²) in [5.74, 6) is -1.14. The van der Waals surface area contributed by atoms with E-state index >= 15 is 0 Å². The first-order valence-electron chi connectivity index (χ1n) is 7.99. The van der Waals surface area contributed by atoms with Crippen molar-refractivity contribution in [3.8, 4) is 0 Å². The van der Waals surface area contributed by atoms with Crippen LogP contribution in [0, 0.1) is 17.0 Å². The average molecular weight is 348 g/mol. The summed E-state index contributed by atoms with van der Waals surface area (Å²) in [5, 5.41) is 21.4. The van der Waals surface area contributed by atoms with Crippen LogP contribution in [0.2, 0.25) is 0 Å². The van der Waals surface area contributed by atoms with Crippen LogP contribution in [-0.2, 0) is 16.0 Å². The molecule has 1 saturated heterocycles. The van der Waals surface area contributed by atoms with Crippen LogP contribution in [0.3, 0.4) is 0 Å². The van der Waals surface area contributed by atoms with Crippen molar-refractivity contribution >= 4 is 28.2 Å². The molecule has 2 heterocycles. The number of nitro benzene ring substituents is 1. The Labute approximate surface area is 143 Å². The Morgan fingerprint density at radius 2 is 2.16 bits per heavy atom. The number of nitro groups is 1. The molecular formula is C16H20N4O5. The number of rotatable bonds is 5. The molecule has 0 spiro atoms. The number of carboxylic acid groups (broad SMARTS) is 1. The molecule has 1 fully saturated rings. The molecule has 0 amide bonds. The fourth-order valence-corrected chi connectivity index (χ4v) is 3.26. The zero-order chi connectivity index (χ0) is 18.1. The van der Waals surface area contributed by atoms with E-state index in [0.29, 0.717) is 54.2 Å². The SMILES string of the molecule is Cc1[nH]c2ccc(N3CCOCC3)c([N+](=O)[O-])c2c1CC(N)C(=O)O. The second-order valence-corrected chi connectivity index (χ2v) is 6.09. The van der Waals surface area contributed by atoms with Crippen molar-refractivity contribution in [2.75, 3.05) is 31.2 Å². The number of ether oxygens (including phenoxy) is 1. The predicted molar refractivity (Wildman–Crippen MR) is 92.0 cm³/mol. The minimum absolute atomic E-state index is 0.0173. The van der Waals surface area contributed by atoms with Gasteiger partial charge in [-0.3, -0.25) is 14.9 Å². The van der Waals surface area contributed by atoms with Gasteiger partial charge in [-0.2, -0.15) is 0 Å². The van der Waals surface area contributed by atoms with E-state index in [4.69, 9.17) is 15.6 Å². The van der Waals surface area contributed by atoms with Crippen LogP contribution >= 0.6 is 0 Å².